The minimum atomic E-state index is -0.831. The van der Waals surface area contributed by atoms with Gasteiger partial charge in [0.25, 0.3) is 5.91 Å². The van der Waals surface area contributed by atoms with E-state index in [4.69, 9.17) is 16.7 Å². The summed E-state index contributed by atoms with van der Waals surface area (Å²) in [5, 5.41) is 16.9. The predicted octanol–water partition coefficient (Wildman–Crippen LogP) is 2.31. The van der Waals surface area contributed by atoms with Gasteiger partial charge in [0.1, 0.15) is 5.82 Å². The summed E-state index contributed by atoms with van der Waals surface area (Å²) in [6.07, 6.45) is 0.837. The van der Waals surface area contributed by atoms with Crippen molar-refractivity contribution in [2.24, 2.45) is 5.92 Å². The molecule has 132 valence electrons. The molecule has 2 aromatic rings. The third-order valence-electron chi connectivity index (χ3n) is 4.38. The lowest BCUT2D eigenvalue weighted by atomic mass is 9.97. The quantitative estimate of drug-likeness (QED) is 0.900. The van der Waals surface area contributed by atoms with Gasteiger partial charge in [0.05, 0.1) is 22.3 Å². The molecule has 0 unspecified atom stereocenters. The van der Waals surface area contributed by atoms with Gasteiger partial charge in [-0.2, -0.15) is 0 Å². The second-order valence-corrected chi connectivity index (χ2v) is 6.35. The number of amides is 1. The molecule has 0 saturated carbocycles. The molecule has 1 N–H and O–H groups in total. The Labute approximate surface area is 148 Å². The van der Waals surface area contributed by atoms with Crippen LogP contribution in [0.5, 0.6) is 0 Å². The first-order valence-electron chi connectivity index (χ1n) is 7.78. The molecule has 9 heteroatoms. The second kappa shape index (κ2) is 6.79. The fraction of sp³-hybridized carbons (Fsp3) is 0.375. The molecule has 1 amide bonds. The molecular weight excluding hydrogens is 351 g/mol. The summed E-state index contributed by atoms with van der Waals surface area (Å²) < 4.78 is 14.7. The van der Waals surface area contributed by atoms with Crippen LogP contribution in [0.2, 0.25) is 5.02 Å². The van der Waals surface area contributed by atoms with Crippen LogP contribution in [0.4, 0.5) is 4.39 Å². The van der Waals surface area contributed by atoms with Crippen molar-refractivity contribution < 1.29 is 19.1 Å². The Morgan fingerprint density at radius 1 is 1.32 bits per heavy atom. The van der Waals surface area contributed by atoms with Crippen LogP contribution in [-0.2, 0) is 4.79 Å². The number of carbonyl (C=O) groups is 2. The molecule has 1 aromatic carbocycles. The zero-order valence-corrected chi connectivity index (χ0v) is 14.2. The van der Waals surface area contributed by atoms with Gasteiger partial charge in [-0.3, -0.25) is 9.59 Å². The van der Waals surface area contributed by atoms with E-state index in [0.717, 1.165) is 0 Å². The van der Waals surface area contributed by atoms with Crippen molar-refractivity contribution in [2.45, 2.75) is 19.8 Å². The molecule has 2 heterocycles. The lowest BCUT2D eigenvalue weighted by Gasteiger charge is -2.29. The molecule has 0 bridgehead atoms. The van der Waals surface area contributed by atoms with E-state index in [-0.39, 0.29) is 16.6 Å². The molecule has 0 aliphatic carbocycles. The number of hydrogen-bond donors (Lipinski definition) is 1. The highest BCUT2D eigenvalue weighted by atomic mass is 35.5. The summed E-state index contributed by atoms with van der Waals surface area (Å²) in [4.78, 5) is 25.2. The van der Waals surface area contributed by atoms with Crippen molar-refractivity contribution in [1.29, 1.82) is 0 Å². The van der Waals surface area contributed by atoms with Gasteiger partial charge < -0.3 is 10.0 Å². The van der Waals surface area contributed by atoms with Crippen LogP contribution in [0.3, 0.4) is 0 Å². The third-order valence-corrected chi connectivity index (χ3v) is 4.67. The van der Waals surface area contributed by atoms with Crippen LogP contribution in [-0.4, -0.2) is 50.0 Å². The zero-order chi connectivity index (χ0) is 18.1. The molecule has 1 saturated heterocycles. The number of rotatable bonds is 3. The lowest BCUT2D eigenvalue weighted by molar-refractivity contribution is -0.143. The minimum Gasteiger partial charge on any atom is -0.481 e. The fourth-order valence-electron chi connectivity index (χ4n) is 2.87. The Bertz CT molecular complexity index is 831. The first-order valence-corrected chi connectivity index (χ1v) is 8.16. The number of carboxylic acid groups (broad SMARTS) is 1. The normalized spacial score (nSPS) is 15.4. The van der Waals surface area contributed by atoms with E-state index in [9.17, 15) is 14.0 Å². The Kier molecular flexibility index (Phi) is 4.71. The number of carboxylic acids is 1. The monoisotopic (exact) mass is 366 g/mol. The van der Waals surface area contributed by atoms with Crippen LogP contribution in [0, 0.1) is 18.7 Å². The van der Waals surface area contributed by atoms with Crippen molar-refractivity contribution in [3.05, 3.63) is 40.4 Å². The summed E-state index contributed by atoms with van der Waals surface area (Å²) >= 11 is 5.79. The minimum absolute atomic E-state index is 0.0454. The van der Waals surface area contributed by atoms with Crippen molar-refractivity contribution in [3.63, 3.8) is 0 Å². The van der Waals surface area contributed by atoms with Gasteiger partial charge in [0, 0.05) is 13.1 Å². The van der Waals surface area contributed by atoms with Crippen LogP contribution in [0.15, 0.2) is 18.2 Å². The smallest absolute Gasteiger partial charge is 0.306 e. The first-order chi connectivity index (χ1) is 11.9. The Hall–Kier alpha value is -2.48. The highest BCUT2D eigenvalue weighted by Gasteiger charge is 2.30. The van der Waals surface area contributed by atoms with E-state index < -0.39 is 17.7 Å². The molecule has 0 radical (unpaired) electrons. The van der Waals surface area contributed by atoms with Crippen LogP contribution < -0.4 is 0 Å². The summed E-state index contributed by atoms with van der Waals surface area (Å²) in [7, 11) is 0. The molecule has 7 nitrogen and oxygen atoms in total. The summed E-state index contributed by atoms with van der Waals surface area (Å²) in [6.45, 7) is 2.42. The van der Waals surface area contributed by atoms with E-state index in [0.29, 0.717) is 37.3 Å². The van der Waals surface area contributed by atoms with Crippen molar-refractivity contribution >= 4 is 23.5 Å². The van der Waals surface area contributed by atoms with E-state index in [2.05, 4.69) is 10.3 Å². The lowest BCUT2D eigenvalue weighted by Crippen LogP contribution is -2.40. The molecule has 1 aliphatic heterocycles. The number of hydrogen-bond acceptors (Lipinski definition) is 4. The van der Waals surface area contributed by atoms with Crippen LogP contribution in [0.25, 0.3) is 5.69 Å². The van der Waals surface area contributed by atoms with Crippen molar-refractivity contribution in [2.75, 3.05) is 13.1 Å². The maximum atomic E-state index is 13.3. The van der Waals surface area contributed by atoms with Gasteiger partial charge in [-0.25, -0.2) is 9.07 Å². The molecular formula is C16H16ClFN4O3. The predicted molar refractivity (Wildman–Crippen MR) is 87.3 cm³/mol. The topological polar surface area (TPSA) is 88.3 Å². The van der Waals surface area contributed by atoms with Gasteiger partial charge in [-0.05, 0) is 38.0 Å². The van der Waals surface area contributed by atoms with Crippen LogP contribution in [0.1, 0.15) is 29.0 Å². The van der Waals surface area contributed by atoms with Gasteiger partial charge in [0.2, 0.25) is 0 Å². The van der Waals surface area contributed by atoms with Gasteiger partial charge in [-0.15, -0.1) is 5.10 Å². The van der Waals surface area contributed by atoms with Crippen molar-refractivity contribution in [3.8, 4) is 5.69 Å². The van der Waals surface area contributed by atoms with E-state index in [1.807, 2.05) is 0 Å². The number of benzene rings is 1. The van der Waals surface area contributed by atoms with Gasteiger partial charge in [0.15, 0.2) is 5.69 Å². The maximum absolute atomic E-state index is 13.3. The Morgan fingerprint density at radius 2 is 2.00 bits per heavy atom. The average Bonchev–Trinajstić information content (AvgIpc) is 2.98. The molecule has 3 rings (SSSR count). The molecule has 1 aliphatic rings. The number of carbonyl (C=O) groups excluding carboxylic acids is 1. The maximum Gasteiger partial charge on any atom is 0.306 e. The molecule has 0 atom stereocenters. The van der Waals surface area contributed by atoms with Crippen molar-refractivity contribution in [1.82, 2.24) is 19.9 Å². The molecule has 25 heavy (non-hydrogen) atoms. The third kappa shape index (κ3) is 3.34. The molecule has 1 aromatic heterocycles. The highest BCUT2D eigenvalue weighted by molar-refractivity contribution is 6.30. The highest BCUT2D eigenvalue weighted by Crippen LogP contribution is 2.22. The fourth-order valence-corrected chi connectivity index (χ4v) is 3.04. The second-order valence-electron chi connectivity index (χ2n) is 5.94. The number of aliphatic carboxylic acids is 1. The first kappa shape index (κ1) is 17.3. The molecule has 0 spiro atoms. The Balaban J connectivity index is 1.80. The number of halogens is 2. The zero-order valence-electron chi connectivity index (χ0n) is 13.4. The van der Waals surface area contributed by atoms with E-state index >= 15 is 0 Å². The average molecular weight is 367 g/mol. The van der Waals surface area contributed by atoms with Gasteiger partial charge >= 0.3 is 5.97 Å². The largest absolute Gasteiger partial charge is 0.481 e. The SMILES string of the molecule is Cc1c(C(=O)N2CCC(C(=O)O)CC2)nnn1-c1ccc(F)c(Cl)c1. The van der Waals surface area contributed by atoms with Crippen LogP contribution >= 0.6 is 11.6 Å². The summed E-state index contributed by atoms with van der Waals surface area (Å²) in [5.74, 6) is -2.08. The molecule has 1 fully saturated rings. The number of piperidine rings is 1. The number of likely N-dealkylation sites (tertiary alicyclic amines) is 1. The van der Waals surface area contributed by atoms with Gasteiger partial charge in [-0.1, -0.05) is 16.8 Å². The van der Waals surface area contributed by atoms with E-state index in [1.165, 1.54) is 22.9 Å². The number of nitrogens with zero attached hydrogens (tertiary/aromatic N) is 4. The summed E-state index contributed by atoms with van der Waals surface area (Å²) in [6, 6.07) is 4.12. The van der Waals surface area contributed by atoms with E-state index in [1.54, 1.807) is 11.8 Å². The standard InChI is InChI=1S/C16H16ClFN4O3/c1-9-14(15(23)21-6-4-10(5-7-21)16(24)25)19-20-22(9)11-2-3-13(18)12(17)8-11/h2-3,8,10H,4-7H2,1H3,(H,24,25). The Morgan fingerprint density at radius 3 is 2.60 bits per heavy atom. The number of aromatic nitrogens is 3. The summed E-state index contributed by atoms with van der Waals surface area (Å²) in [5.41, 5.74) is 1.20.